The lowest BCUT2D eigenvalue weighted by Gasteiger charge is -2.09. The number of nitrogens with one attached hydrogen (secondary N) is 2. The van der Waals surface area contributed by atoms with Gasteiger partial charge >= 0.3 is 0 Å². The summed E-state index contributed by atoms with van der Waals surface area (Å²) in [5.74, 6) is 1.36. The fourth-order valence-electron chi connectivity index (χ4n) is 2.26. The zero-order valence-corrected chi connectivity index (χ0v) is 14.9. The largest absolute Gasteiger partial charge is 0.351 e. The highest BCUT2D eigenvalue weighted by atomic mass is 32.2. The van der Waals surface area contributed by atoms with Gasteiger partial charge in [0.05, 0.1) is 5.69 Å². The third-order valence-electron chi connectivity index (χ3n) is 3.50. The Morgan fingerprint density at radius 3 is 3.17 bits per heavy atom. The smallest absolute Gasteiger partial charge is 0.251 e. The quantitative estimate of drug-likeness (QED) is 0.631. The molecule has 126 valence electrons. The van der Waals surface area contributed by atoms with Crippen LogP contribution in [0.4, 0.5) is 5.69 Å². The Kier molecular flexibility index (Phi) is 5.47. The number of nitrogens with zero attached hydrogens (tertiary/aromatic N) is 2. The molecule has 1 aliphatic rings. The van der Waals surface area contributed by atoms with E-state index in [4.69, 9.17) is 0 Å². The lowest BCUT2D eigenvalue weighted by Crippen LogP contribution is -2.26. The van der Waals surface area contributed by atoms with Crippen molar-refractivity contribution < 1.29 is 9.59 Å². The molecule has 1 aromatic carbocycles. The minimum Gasteiger partial charge on any atom is -0.351 e. The number of thioether (sulfide) groups is 2. The molecule has 0 fully saturated rings. The number of fused-ring (bicyclic) bond motifs is 1. The second-order valence-corrected chi connectivity index (χ2v) is 7.48. The van der Waals surface area contributed by atoms with Crippen LogP contribution in [0.5, 0.6) is 0 Å². The molecular formula is C16H18N4O2S2. The maximum atomic E-state index is 12.3. The van der Waals surface area contributed by atoms with E-state index in [1.54, 1.807) is 41.9 Å². The third-order valence-corrected chi connectivity index (χ3v) is 5.63. The van der Waals surface area contributed by atoms with Crippen molar-refractivity contribution in [2.75, 3.05) is 23.4 Å². The zero-order valence-electron chi connectivity index (χ0n) is 13.2. The topological polar surface area (TPSA) is 76.0 Å². The van der Waals surface area contributed by atoms with Crippen molar-refractivity contribution in [3.05, 3.63) is 36.2 Å². The molecule has 0 saturated heterocycles. The van der Waals surface area contributed by atoms with E-state index >= 15 is 0 Å². The minimum absolute atomic E-state index is 0.00900. The fourth-order valence-corrected chi connectivity index (χ4v) is 3.98. The summed E-state index contributed by atoms with van der Waals surface area (Å²) in [5.41, 5.74) is 1.27. The van der Waals surface area contributed by atoms with Gasteiger partial charge < -0.3 is 15.2 Å². The van der Waals surface area contributed by atoms with Crippen molar-refractivity contribution in [3.63, 3.8) is 0 Å². The summed E-state index contributed by atoms with van der Waals surface area (Å²) in [5, 5.41) is 6.68. The zero-order chi connectivity index (χ0) is 16.9. The van der Waals surface area contributed by atoms with Gasteiger partial charge in [0, 0.05) is 54.4 Å². The average Bonchev–Trinajstić information content (AvgIpc) is 2.87. The van der Waals surface area contributed by atoms with Crippen LogP contribution < -0.4 is 10.6 Å². The third kappa shape index (κ3) is 4.12. The molecule has 2 amide bonds. The number of aryl methyl sites for hydroxylation is 1. The van der Waals surface area contributed by atoms with E-state index in [0.29, 0.717) is 18.5 Å². The number of amides is 2. The molecule has 1 aliphatic heterocycles. The van der Waals surface area contributed by atoms with Gasteiger partial charge in [-0.15, -0.1) is 11.8 Å². The Hall–Kier alpha value is -1.93. The van der Waals surface area contributed by atoms with Crippen molar-refractivity contribution in [1.82, 2.24) is 14.9 Å². The Balaban J connectivity index is 1.55. The number of benzene rings is 1. The van der Waals surface area contributed by atoms with E-state index in [0.717, 1.165) is 27.2 Å². The molecule has 8 heteroatoms. The normalized spacial score (nSPS) is 13.8. The van der Waals surface area contributed by atoms with Gasteiger partial charge in [-0.3, -0.25) is 9.59 Å². The van der Waals surface area contributed by atoms with E-state index in [1.807, 2.05) is 23.9 Å². The van der Waals surface area contributed by atoms with Crippen molar-refractivity contribution in [1.29, 1.82) is 0 Å². The number of rotatable bonds is 5. The van der Waals surface area contributed by atoms with Gasteiger partial charge in [-0.2, -0.15) is 0 Å². The van der Waals surface area contributed by atoms with Gasteiger partial charge in [0.25, 0.3) is 5.91 Å². The summed E-state index contributed by atoms with van der Waals surface area (Å²) >= 11 is 3.22. The first-order valence-electron chi connectivity index (χ1n) is 7.58. The molecule has 0 spiro atoms. The molecule has 0 unspecified atom stereocenters. The van der Waals surface area contributed by atoms with Crippen molar-refractivity contribution in [2.45, 2.75) is 16.5 Å². The number of hydrogen-bond acceptors (Lipinski definition) is 5. The molecule has 2 heterocycles. The van der Waals surface area contributed by atoms with E-state index in [2.05, 4.69) is 15.6 Å². The van der Waals surface area contributed by atoms with Gasteiger partial charge in [-0.05, 0) is 18.2 Å². The van der Waals surface area contributed by atoms with Crippen LogP contribution >= 0.6 is 23.5 Å². The molecule has 0 saturated carbocycles. The van der Waals surface area contributed by atoms with Crippen LogP contribution in [-0.4, -0.2) is 39.4 Å². The van der Waals surface area contributed by atoms with Crippen LogP contribution in [0.3, 0.4) is 0 Å². The number of hydrogen-bond donors (Lipinski definition) is 2. The molecule has 0 atom stereocenters. The molecule has 0 bridgehead atoms. The Morgan fingerprint density at radius 2 is 2.38 bits per heavy atom. The van der Waals surface area contributed by atoms with Crippen LogP contribution in [-0.2, 0) is 11.8 Å². The maximum Gasteiger partial charge on any atom is 0.251 e. The molecule has 0 aliphatic carbocycles. The lowest BCUT2D eigenvalue weighted by molar-refractivity contribution is -0.115. The van der Waals surface area contributed by atoms with Crippen LogP contribution in [0, 0.1) is 0 Å². The van der Waals surface area contributed by atoms with Gasteiger partial charge in [-0.1, -0.05) is 11.8 Å². The summed E-state index contributed by atoms with van der Waals surface area (Å²) in [4.78, 5) is 29.1. The van der Waals surface area contributed by atoms with Crippen LogP contribution in [0.1, 0.15) is 16.8 Å². The Bertz CT molecular complexity index is 760. The van der Waals surface area contributed by atoms with E-state index in [-0.39, 0.29) is 11.8 Å². The standard InChI is InChI=1S/C16H18N4O2S2/c1-20-7-5-18-16(20)24-9-6-17-15(22)11-2-3-13-12(10-11)19-14(21)4-8-23-13/h2-3,5,7,10H,4,6,8-9H2,1H3,(H,17,22)(H,19,21). The number of carbonyl (C=O) groups is 2. The maximum absolute atomic E-state index is 12.3. The first-order chi connectivity index (χ1) is 11.6. The second-order valence-electron chi connectivity index (χ2n) is 5.28. The Morgan fingerprint density at radius 1 is 1.50 bits per heavy atom. The first-order valence-corrected chi connectivity index (χ1v) is 9.55. The number of imidazole rings is 1. The highest BCUT2D eigenvalue weighted by molar-refractivity contribution is 7.99. The van der Waals surface area contributed by atoms with Gasteiger partial charge in [0.15, 0.2) is 5.16 Å². The van der Waals surface area contributed by atoms with Gasteiger partial charge in [0.1, 0.15) is 0 Å². The van der Waals surface area contributed by atoms with Crippen LogP contribution in [0.2, 0.25) is 0 Å². The lowest BCUT2D eigenvalue weighted by atomic mass is 10.2. The second kappa shape index (κ2) is 7.76. The number of carbonyl (C=O) groups excluding carboxylic acids is 2. The fraction of sp³-hybridized carbons (Fsp3) is 0.312. The monoisotopic (exact) mass is 362 g/mol. The van der Waals surface area contributed by atoms with Gasteiger partial charge in [0.2, 0.25) is 5.91 Å². The highest BCUT2D eigenvalue weighted by Gasteiger charge is 2.15. The molecule has 2 aromatic rings. The summed E-state index contributed by atoms with van der Waals surface area (Å²) < 4.78 is 1.94. The summed E-state index contributed by atoms with van der Waals surface area (Å²) in [6, 6.07) is 5.43. The Labute approximate surface area is 148 Å². The molecule has 3 rings (SSSR count). The SMILES string of the molecule is Cn1ccnc1SCCNC(=O)c1ccc2c(c1)NC(=O)CCS2. The van der Waals surface area contributed by atoms with Crippen LogP contribution in [0.25, 0.3) is 0 Å². The molecule has 0 radical (unpaired) electrons. The summed E-state index contributed by atoms with van der Waals surface area (Å²) in [6.45, 7) is 0.550. The van der Waals surface area contributed by atoms with E-state index in [9.17, 15) is 9.59 Å². The molecule has 2 N–H and O–H groups in total. The molecule has 24 heavy (non-hydrogen) atoms. The van der Waals surface area contributed by atoms with Gasteiger partial charge in [-0.25, -0.2) is 4.98 Å². The average molecular weight is 362 g/mol. The predicted octanol–water partition coefficient (Wildman–Crippen LogP) is 2.38. The summed E-state index contributed by atoms with van der Waals surface area (Å²) in [6.07, 6.45) is 4.14. The van der Waals surface area contributed by atoms with E-state index < -0.39 is 0 Å². The molecule has 6 nitrogen and oxygen atoms in total. The minimum atomic E-state index is -0.137. The van der Waals surface area contributed by atoms with Crippen molar-refractivity contribution >= 4 is 41.0 Å². The first kappa shape index (κ1) is 16.9. The molecule has 1 aromatic heterocycles. The number of aromatic nitrogens is 2. The number of anilines is 1. The highest BCUT2D eigenvalue weighted by Crippen LogP contribution is 2.31. The summed E-state index contributed by atoms with van der Waals surface area (Å²) in [7, 11) is 1.94. The van der Waals surface area contributed by atoms with Crippen molar-refractivity contribution in [2.24, 2.45) is 7.05 Å². The van der Waals surface area contributed by atoms with Crippen molar-refractivity contribution in [3.8, 4) is 0 Å². The molecular weight excluding hydrogens is 344 g/mol. The van der Waals surface area contributed by atoms with E-state index in [1.165, 1.54) is 0 Å². The van der Waals surface area contributed by atoms with Crippen LogP contribution in [0.15, 0.2) is 40.6 Å². The predicted molar refractivity (Wildman–Crippen MR) is 96.7 cm³/mol.